The number of methoxy groups -OCH3 is 1. The third-order valence-electron chi connectivity index (χ3n) is 4.44. The summed E-state index contributed by atoms with van der Waals surface area (Å²) < 4.78 is 10.6. The van der Waals surface area contributed by atoms with Crippen molar-refractivity contribution in [3.63, 3.8) is 0 Å². The third-order valence-corrected chi connectivity index (χ3v) is 4.44. The molecule has 0 radical (unpaired) electrons. The first-order valence-corrected chi connectivity index (χ1v) is 8.35. The molecule has 0 atom stereocenters. The molecule has 0 bridgehead atoms. The molecule has 1 aliphatic rings. The average Bonchev–Trinajstić information content (AvgIpc) is 3.11. The zero-order valence-corrected chi connectivity index (χ0v) is 14.4. The summed E-state index contributed by atoms with van der Waals surface area (Å²) in [5, 5.41) is 4.09. The van der Waals surface area contributed by atoms with Crippen molar-refractivity contribution in [2.24, 2.45) is 5.92 Å². The van der Waals surface area contributed by atoms with Gasteiger partial charge in [0.2, 0.25) is 17.6 Å². The number of hydrogen-bond donors (Lipinski definition) is 0. The molecule has 0 unspecified atom stereocenters. The van der Waals surface area contributed by atoms with Crippen LogP contribution in [-0.2, 0) is 4.79 Å². The Labute approximate surface area is 141 Å². The Morgan fingerprint density at radius 3 is 2.50 bits per heavy atom. The minimum Gasteiger partial charge on any atom is -0.497 e. The SMILES string of the molecule is COc1ccc(-c2noc(C3CCN(C(=O)C(C)C)CC3)n2)cc1. The lowest BCUT2D eigenvalue weighted by molar-refractivity contribution is -0.135. The number of ether oxygens (including phenoxy) is 1. The maximum Gasteiger partial charge on any atom is 0.230 e. The normalized spacial score (nSPS) is 15.8. The molecule has 128 valence electrons. The van der Waals surface area contributed by atoms with Crippen LogP contribution in [0.2, 0.25) is 0 Å². The summed E-state index contributed by atoms with van der Waals surface area (Å²) in [6.07, 6.45) is 1.73. The first kappa shape index (κ1) is 16.5. The number of benzene rings is 1. The first-order chi connectivity index (χ1) is 11.6. The Balaban J connectivity index is 1.65. The first-order valence-electron chi connectivity index (χ1n) is 8.35. The van der Waals surface area contributed by atoms with E-state index >= 15 is 0 Å². The van der Waals surface area contributed by atoms with Gasteiger partial charge in [-0.1, -0.05) is 19.0 Å². The van der Waals surface area contributed by atoms with Crippen molar-refractivity contribution in [1.29, 1.82) is 0 Å². The van der Waals surface area contributed by atoms with Crippen LogP contribution in [-0.4, -0.2) is 41.1 Å². The summed E-state index contributed by atoms with van der Waals surface area (Å²) in [6, 6.07) is 7.58. The standard InChI is InChI=1S/C18H23N3O3/c1-12(2)18(22)21-10-8-14(9-11-21)17-19-16(20-24-17)13-4-6-15(23-3)7-5-13/h4-7,12,14H,8-11H2,1-3H3. The Morgan fingerprint density at radius 1 is 1.25 bits per heavy atom. The minimum atomic E-state index is 0.0478. The van der Waals surface area contributed by atoms with Crippen LogP contribution >= 0.6 is 0 Å². The van der Waals surface area contributed by atoms with E-state index in [1.165, 1.54) is 0 Å². The van der Waals surface area contributed by atoms with Gasteiger partial charge in [-0.2, -0.15) is 4.98 Å². The highest BCUT2D eigenvalue weighted by Gasteiger charge is 2.28. The van der Waals surface area contributed by atoms with Crippen molar-refractivity contribution in [2.45, 2.75) is 32.6 Å². The van der Waals surface area contributed by atoms with Gasteiger partial charge in [-0.05, 0) is 37.1 Å². The second-order valence-corrected chi connectivity index (χ2v) is 6.44. The molecule has 1 aromatic heterocycles. The number of piperidine rings is 1. The number of nitrogens with zero attached hydrogens (tertiary/aromatic N) is 3. The fourth-order valence-electron chi connectivity index (χ4n) is 2.97. The van der Waals surface area contributed by atoms with Gasteiger partial charge >= 0.3 is 0 Å². The minimum absolute atomic E-state index is 0.0478. The summed E-state index contributed by atoms with van der Waals surface area (Å²) >= 11 is 0. The number of aromatic nitrogens is 2. The number of carbonyl (C=O) groups excluding carboxylic acids is 1. The monoisotopic (exact) mass is 329 g/mol. The summed E-state index contributed by atoms with van der Waals surface area (Å²) in [6.45, 7) is 5.38. The zero-order valence-electron chi connectivity index (χ0n) is 14.4. The number of amides is 1. The van der Waals surface area contributed by atoms with Crippen molar-refractivity contribution in [3.05, 3.63) is 30.2 Å². The average molecular weight is 329 g/mol. The van der Waals surface area contributed by atoms with Crippen LogP contribution in [0, 0.1) is 5.92 Å². The van der Waals surface area contributed by atoms with E-state index in [9.17, 15) is 4.79 Å². The molecule has 6 heteroatoms. The predicted octanol–water partition coefficient (Wildman–Crippen LogP) is 3.11. The lowest BCUT2D eigenvalue weighted by Gasteiger charge is -2.31. The molecule has 2 heterocycles. The fourth-order valence-corrected chi connectivity index (χ4v) is 2.97. The summed E-state index contributed by atoms with van der Waals surface area (Å²) in [5.74, 6) is 2.54. The van der Waals surface area contributed by atoms with E-state index in [0.29, 0.717) is 11.7 Å². The molecule has 1 saturated heterocycles. The number of rotatable bonds is 4. The van der Waals surface area contributed by atoms with Crippen molar-refractivity contribution < 1.29 is 14.1 Å². The number of likely N-dealkylation sites (tertiary alicyclic amines) is 1. The highest BCUT2D eigenvalue weighted by Crippen LogP contribution is 2.29. The van der Waals surface area contributed by atoms with E-state index in [1.54, 1.807) is 7.11 Å². The van der Waals surface area contributed by atoms with Crippen LogP contribution < -0.4 is 4.74 Å². The van der Waals surface area contributed by atoms with E-state index in [4.69, 9.17) is 9.26 Å². The highest BCUT2D eigenvalue weighted by atomic mass is 16.5. The van der Waals surface area contributed by atoms with Crippen molar-refractivity contribution >= 4 is 5.91 Å². The largest absolute Gasteiger partial charge is 0.497 e. The van der Waals surface area contributed by atoms with Crippen molar-refractivity contribution in [2.75, 3.05) is 20.2 Å². The quantitative estimate of drug-likeness (QED) is 0.862. The Bertz CT molecular complexity index is 686. The second kappa shape index (κ2) is 7.03. The smallest absolute Gasteiger partial charge is 0.230 e. The summed E-state index contributed by atoms with van der Waals surface area (Å²) in [7, 11) is 1.64. The molecule has 0 N–H and O–H groups in total. The van der Waals surface area contributed by atoms with E-state index in [1.807, 2.05) is 43.0 Å². The van der Waals surface area contributed by atoms with Gasteiger partial charge in [0.1, 0.15) is 5.75 Å². The highest BCUT2D eigenvalue weighted by molar-refractivity contribution is 5.78. The van der Waals surface area contributed by atoms with Crippen LogP contribution in [0.3, 0.4) is 0 Å². The van der Waals surface area contributed by atoms with Crippen LogP contribution in [0.4, 0.5) is 0 Å². The van der Waals surface area contributed by atoms with Gasteiger partial charge in [-0.15, -0.1) is 0 Å². The van der Waals surface area contributed by atoms with E-state index < -0.39 is 0 Å². The van der Waals surface area contributed by atoms with Gasteiger partial charge in [0, 0.05) is 30.5 Å². The Kier molecular flexibility index (Phi) is 4.83. The maximum atomic E-state index is 12.0. The molecule has 1 fully saturated rings. The second-order valence-electron chi connectivity index (χ2n) is 6.44. The molecule has 1 aromatic carbocycles. The Hall–Kier alpha value is -2.37. The van der Waals surface area contributed by atoms with Gasteiger partial charge in [0.15, 0.2) is 0 Å². The molecular weight excluding hydrogens is 306 g/mol. The number of carbonyl (C=O) groups is 1. The molecule has 6 nitrogen and oxygen atoms in total. The van der Waals surface area contributed by atoms with Gasteiger partial charge < -0.3 is 14.2 Å². The molecule has 24 heavy (non-hydrogen) atoms. The van der Waals surface area contributed by atoms with Crippen LogP contribution in [0.25, 0.3) is 11.4 Å². The van der Waals surface area contributed by atoms with Gasteiger partial charge in [-0.25, -0.2) is 0 Å². The van der Waals surface area contributed by atoms with Crippen LogP contribution in [0.15, 0.2) is 28.8 Å². The maximum absolute atomic E-state index is 12.0. The lowest BCUT2D eigenvalue weighted by atomic mass is 9.96. The third kappa shape index (κ3) is 3.42. The van der Waals surface area contributed by atoms with Gasteiger partial charge in [0.05, 0.1) is 7.11 Å². The van der Waals surface area contributed by atoms with E-state index in [2.05, 4.69) is 10.1 Å². The van der Waals surface area contributed by atoms with E-state index in [0.717, 1.165) is 37.2 Å². The van der Waals surface area contributed by atoms with Gasteiger partial charge in [0.25, 0.3) is 0 Å². The molecule has 3 rings (SSSR count). The molecule has 0 spiro atoms. The Morgan fingerprint density at radius 2 is 1.92 bits per heavy atom. The topological polar surface area (TPSA) is 68.5 Å². The predicted molar refractivity (Wildman–Crippen MR) is 89.7 cm³/mol. The molecule has 1 amide bonds. The molecule has 0 aliphatic carbocycles. The lowest BCUT2D eigenvalue weighted by Crippen LogP contribution is -2.40. The summed E-state index contributed by atoms with van der Waals surface area (Å²) in [4.78, 5) is 18.5. The van der Waals surface area contributed by atoms with Crippen LogP contribution in [0.1, 0.15) is 38.5 Å². The summed E-state index contributed by atoms with van der Waals surface area (Å²) in [5.41, 5.74) is 0.901. The zero-order chi connectivity index (χ0) is 17.1. The molecule has 1 aliphatic heterocycles. The molecule has 0 saturated carbocycles. The molecular formula is C18H23N3O3. The number of hydrogen-bond acceptors (Lipinski definition) is 5. The van der Waals surface area contributed by atoms with Crippen molar-refractivity contribution in [1.82, 2.24) is 15.0 Å². The fraction of sp³-hybridized carbons (Fsp3) is 0.500. The van der Waals surface area contributed by atoms with Crippen LogP contribution in [0.5, 0.6) is 5.75 Å². The van der Waals surface area contributed by atoms with Crippen molar-refractivity contribution in [3.8, 4) is 17.1 Å². The molecule has 2 aromatic rings. The van der Waals surface area contributed by atoms with Gasteiger partial charge in [-0.3, -0.25) is 4.79 Å². The van der Waals surface area contributed by atoms with E-state index in [-0.39, 0.29) is 17.7 Å².